The van der Waals surface area contributed by atoms with Crippen molar-refractivity contribution in [2.45, 2.75) is 26.2 Å². The zero-order valence-electron chi connectivity index (χ0n) is 10.2. The van der Waals surface area contributed by atoms with Crippen LogP contribution in [0.2, 0.25) is 26.2 Å². The molecule has 0 bridgehead atoms. The van der Waals surface area contributed by atoms with E-state index in [2.05, 4.69) is 53.6 Å². The summed E-state index contributed by atoms with van der Waals surface area (Å²) in [7, 11) is 2.14. The van der Waals surface area contributed by atoms with Crippen molar-refractivity contribution >= 4 is 16.9 Å². The highest BCUT2D eigenvalue weighted by Crippen LogP contribution is 1.96. The van der Waals surface area contributed by atoms with Gasteiger partial charge in [-0.1, -0.05) is 25.6 Å². The Kier molecular flexibility index (Phi) is 5.87. The normalized spacial score (nSPS) is 10.6. The lowest BCUT2D eigenvalue weighted by Crippen LogP contribution is -2.18. The van der Waals surface area contributed by atoms with Crippen molar-refractivity contribution in [1.82, 2.24) is 4.90 Å². The fraction of sp³-hybridized carbons (Fsp3) is 0.636. The minimum absolute atomic E-state index is 0.732. The average molecular weight is 222 g/mol. The van der Waals surface area contributed by atoms with Crippen molar-refractivity contribution in [2.75, 3.05) is 20.6 Å². The van der Waals surface area contributed by atoms with Gasteiger partial charge in [0.15, 0.2) is 0 Å². The van der Waals surface area contributed by atoms with Crippen LogP contribution in [0, 0.1) is 22.6 Å². The highest BCUT2D eigenvalue weighted by atomic mass is 28.3. The van der Waals surface area contributed by atoms with Gasteiger partial charge < -0.3 is 0 Å². The van der Waals surface area contributed by atoms with Crippen LogP contribution in [0.3, 0.4) is 0 Å². The Morgan fingerprint density at radius 1 is 1.14 bits per heavy atom. The minimum atomic E-state index is -1.19. The maximum absolute atomic E-state index is 3.38. The SMILES string of the molecule is CN(C)CC#C[Si](C)C#C[Si](C)(C)C. The third-order valence-corrected chi connectivity index (χ3v) is 3.47. The van der Waals surface area contributed by atoms with E-state index in [-0.39, 0.29) is 0 Å². The molecule has 1 nitrogen and oxygen atoms in total. The number of rotatable bonds is 1. The van der Waals surface area contributed by atoms with Crippen molar-refractivity contribution in [2.24, 2.45) is 0 Å². The Hall–Kier alpha value is -0.486. The van der Waals surface area contributed by atoms with Gasteiger partial charge in [-0.25, -0.2) is 0 Å². The molecule has 3 heteroatoms. The summed E-state index contributed by atoms with van der Waals surface area (Å²) in [5, 5.41) is 0. The van der Waals surface area contributed by atoms with E-state index in [4.69, 9.17) is 0 Å². The predicted molar refractivity (Wildman–Crippen MR) is 69.1 cm³/mol. The van der Waals surface area contributed by atoms with Crippen LogP contribution in [0.1, 0.15) is 0 Å². The first-order valence-electron chi connectivity index (χ1n) is 4.81. The Bertz CT molecular complexity index is 280. The van der Waals surface area contributed by atoms with Crippen LogP contribution < -0.4 is 0 Å². The van der Waals surface area contributed by atoms with E-state index in [1.54, 1.807) is 0 Å². The molecule has 1 radical (unpaired) electrons. The van der Waals surface area contributed by atoms with E-state index in [1.165, 1.54) is 0 Å². The molecule has 0 N–H and O–H groups in total. The zero-order chi connectivity index (χ0) is 11.2. The molecule has 0 aromatic carbocycles. The molecule has 14 heavy (non-hydrogen) atoms. The molecule has 0 atom stereocenters. The van der Waals surface area contributed by atoms with Crippen LogP contribution in [-0.2, 0) is 0 Å². The second kappa shape index (κ2) is 6.08. The Labute approximate surface area is 91.5 Å². The molecule has 0 amide bonds. The molecule has 0 spiro atoms. The van der Waals surface area contributed by atoms with Crippen molar-refractivity contribution in [1.29, 1.82) is 0 Å². The molecule has 0 fully saturated rings. The van der Waals surface area contributed by atoms with Crippen molar-refractivity contribution in [3.05, 3.63) is 0 Å². The molecule has 0 aromatic rings. The van der Waals surface area contributed by atoms with Gasteiger partial charge in [-0.3, -0.25) is 4.90 Å². The molecule has 0 rings (SSSR count). The summed E-state index contributed by atoms with van der Waals surface area (Å²) in [6.07, 6.45) is 0. The van der Waals surface area contributed by atoms with Crippen molar-refractivity contribution in [3.63, 3.8) is 0 Å². The number of nitrogens with zero attached hydrogens (tertiary/aromatic N) is 1. The van der Waals surface area contributed by atoms with E-state index in [0.29, 0.717) is 0 Å². The fourth-order valence-corrected chi connectivity index (χ4v) is 3.30. The molecule has 0 unspecified atom stereocenters. The van der Waals surface area contributed by atoms with Gasteiger partial charge in [-0.15, -0.1) is 16.6 Å². The second-order valence-electron chi connectivity index (χ2n) is 4.66. The summed E-state index contributed by atoms with van der Waals surface area (Å²) in [5.74, 6) is 3.15. The molecule has 0 saturated carbocycles. The molecule has 0 aliphatic heterocycles. The lowest BCUT2D eigenvalue weighted by atomic mass is 10.6. The van der Waals surface area contributed by atoms with E-state index in [1.807, 2.05) is 14.1 Å². The largest absolute Gasteiger partial charge is 0.299 e. The van der Waals surface area contributed by atoms with Gasteiger partial charge in [0.2, 0.25) is 8.80 Å². The highest BCUT2D eigenvalue weighted by Gasteiger charge is 2.07. The van der Waals surface area contributed by atoms with Crippen molar-refractivity contribution in [3.8, 4) is 22.6 Å². The molecule has 0 aliphatic carbocycles. The van der Waals surface area contributed by atoms with E-state index < -0.39 is 16.9 Å². The van der Waals surface area contributed by atoms with Crippen LogP contribution in [0.5, 0.6) is 0 Å². The first-order chi connectivity index (χ1) is 6.31. The van der Waals surface area contributed by atoms with Crippen LogP contribution in [-0.4, -0.2) is 42.4 Å². The quantitative estimate of drug-likeness (QED) is 0.481. The van der Waals surface area contributed by atoms with E-state index in [9.17, 15) is 0 Å². The molecular weight excluding hydrogens is 202 g/mol. The van der Waals surface area contributed by atoms with Crippen LogP contribution >= 0.6 is 0 Å². The lowest BCUT2D eigenvalue weighted by Gasteiger charge is -2.03. The van der Waals surface area contributed by atoms with Crippen LogP contribution in [0.25, 0.3) is 0 Å². The monoisotopic (exact) mass is 222 g/mol. The van der Waals surface area contributed by atoms with Crippen LogP contribution in [0.15, 0.2) is 0 Å². The number of hydrogen-bond acceptors (Lipinski definition) is 1. The van der Waals surface area contributed by atoms with Gasteiger partial charge in [0.25, 0.3) is 0 Å². The van der Waals surface area contributed by atoms with Gasteiger partial charge >= 0.3 is 0 Å². The molecule has 77 valence electrons. The lowest BCUT2D eigenvalue weighted by molar-refractivity contribution is 0.464. The minimum Gasteiger partial charge on any atom is -0.299 e. The van der Waals surface area contributed by atoms with Crippen molar-refractivity contribution < 1.29 is 0 Å². The fourth-order valence-electron chi connectivity index (χ4n) is 0.643. The Morgan fingerprint density at radius 2 is 1.71 bits per heavy atom. The molecule has 0 aliphatic rings. The Morgan fingerprint density at radius 3 is 2.14 bits per heavy atom. The summed E-state index contributed by atoms with van der Waals surface area (Å²) < 4.78 is 0. The standard InChI is InChI=1S/C11H20NSi2/c1-12(2)8-7-9-13(3)10-11-14(4,5)6/h8H2,1-6H3. The maximum Gasteiger partial charge on any atom is 0.230 e. The molecule has 0 heterocycles. The number of hydrogen-bond donors (Lipinski definition) is 0. The smallest absolute Gasteiger partial charge is 0.230 e. The maximum atomic E-state index is 3.38. The highest BCUT2D eigenvalue weighted by molar-refractivity contribution is 6.86. The summed E-state index contributed by atoms with van der Waals surface area (Å²) >= 11 is 0. The summed E-state index contributed by atoms with van der Waals surface area (Å²) in [5.41, 5.74) is 9.94. The average Bonchev–Trinajstić information content (AvgIpc) is 1.99. The van der Waals surface area contributed by atoms with Crippen LogP contribution in [0.4, 0.5) is 0 Å². The van der Waals surface area contributed by atoms with Gasteiger partial charge in [0.1, 0.15) is 8.07 Å². The second-order valence-corrected chi connectivity index (χ2v) is 11.2. The third-order valence-electron chi connectivity index (χ3n) is 1.30. The van der Waals surface area contributed by atoms with E-state index >= 15 is 0 Å². The zero-order valence-corrected chi connectivity index (χ0v) is 12.2. The van der Waals surface area contributed by atoms with Gasteiger partial charge in [0.05, 0.1) is 6.54 Å². The molecule has 0 aromatic heterocycles. The molecule has 0 saturated heterocycles. The first-order valence-corrected chi connectivity index (χ1v) is 10.3. The van der Waals surface area contributed by atoms with E-state index in [0.717, 1.165) is 6.54 Å². The molecular formula is C11H20NSi2. The first kappa shape index (κ1) is 13.5. The summed E-state index contributed by atoms with van der Waals surface area (Å²) in [6.45, 7) is 9.81. The summed E-state index contributed by atoms with van der Waals surface area (Å²) in [4.78, 5) is 2.08. The predicted octanol–water partition coefficient (Wildman–Crippen LogP) is 1.64. The Balaban J connectivity index is 4.12. The van der Waals surface area contributed by atoms with Gasteiger partial charge in [-0.2, -0.15) is 0 Å². The van der Waals surface area contributed by atoms with Gasteiger partial charge in [0, 0.05) is 0 Å². The third kappa shape index (κ3) is 9.60. The van der Waals surface area contributed by atoms with Gasteiger partial charge in [-0.05, 0) is 20.6 Å². The summed E-state index contributed by atoms with van der Waals surface area (Å²) in [6, 6.07) is 0. The topological polar surface area (TPSA) is 3.24 Å².